The van der Waals surface area contributed by atoms with E-state index in [2.05, 4.69) is 91.5 Å². The van der Waals surface area contributed by atoms with Crippen LogP contribution >= 0.6 is 0 Å². The molecule has 1 aliphatic rings. The standard InChI is InChI=1S/C24H22N2O/c1-16-8-4-6-10-21(16)26-17(2)25(3)15-22(26)18-12-13-20-19-9-5-7-11-23(19)27-24(20)14-18/h4-15,17H,1-3H3. The fourth-order valence-electron chi connectivity index (χ4n) is 4.01. The second kappa shape index (κ2) is 5.92. The fourth-order valence-corrected chi connectivity index (χ4v) is 4.01. The number of nitrogens with zero attached hydrogens (tertiary/aromatic N) is 2. The van der Waals surface area contributed by atoms with Gasteiger partial charge >= 0.3 is 0 Å². The summed E-state index contributed by atoms with van der Waals surface area (Å²) >= 11 is 0. The summed E-state index contributed by atoms with van der Waals surface area (Å²) in [4.78, 5) is 4.66. The lowest BCUT2D eigenvalue weighted by Crippen LogP contribution is -2.35. The van der Waals surface area contributed by atoms with Crippen LogP contribution in [0, 0.1) is 6.92 Å². The SMILES string of the molecule is Cc1ccccc1N1C(c2ccc3c(c2)oc2ccccc23)=CN(C)C1C. The van der Waals surface area contributed by atoms with Gasteiger partial charge in [0.1, 0.15) is 17.3 Å². The van der Waals surface area contributed by atoms with E-state index in [9.17, 15) is 0 Å². The van der Waals surface area contributed by atoms with Crippen LogP contribution in [0.1, 0.15) is 18.1 Å². The van der Waals surface area contributed by atoms with E-state index in [0.717, 1.165) is 16.6 Å². The minimum atomic E-state index is 0.257. The lowest BCUT2D eigenvalue weighted by molar-refractivity contribution is 0.383. The first-order valence-corrected chi connectivity index (χ1v) is 9.34. The van der Waals surface area contributed by atoms with E-state index in [1.165, 1.54) is 27.9 Å². The average Bonchev–Trinajstić information content (AvgIpc) is 3.19. The van der Waals surface area contributed by atoms with Crippen molar-refractivity contribution in [2.24, 2.45) is 0 Å². The Morgan fingerprint density at radius 3 is 2.44 bits per heavy atom. The average molecular weight is 354 g/mol. The lowest BCUT2D eigenvalue weighted by atomic mass is 10.1. The van der Waals surface area contributed by atoms with E-state index in [-0.39, 0.29) is 6.17 Å². The van der Waals surface area contributed by atoms with Gasteiger partial charge in [-0.15, -0.1) is 0 Å². The van der Waals surface area contributed by atoms with Gasteiger partial charge in [0.25, 0.3) is 0 Å². The maximum atomic E-state index is 6.11. The smallest absolute Gasteiger partial charge is 0.136 e. The van der Waals surface area contributed by atoms with Crippen molar-refractivity contribution in [2.45, 2.75) is 20.0 Å². The van der Waals surface area contributed by atoms with Crippen molar-refractivity contribution >= 4 is 33.3 Å². The third kappa shape index (κ3) is 2.42. The van der Waals surface area contributed by atoms with Crippen molar-refractivity contribution in [1.29, 1.82) is 0 Å². The number of fused-ring (bicyclic) bond motifs is 3. The Morgan fingerprint density at radius 2 is 1.59 bits per heavy atom. The van der Waals surface area contributed by atoms with Gasteiger partial charge in [-0.3, -0.25) is 0 Å². The molecule has 1 aromatic heterocycles. The van der Waals surface area contributed by atoms with E-state index >= 15 is 0 Å². The van der Waals surface area contributed by atoms with Gasteiger partial charge in [-0.25, -0.2) is 0 Å². The van der Waals surface area contributed by atoms with Gasteiger partial charge in [-0.05, 0) is 43.7 Å². The quantitative estimate of drug-likeness (QED) is 0.441. The molecule has 5 rings (SSSR count). The minimum Gasteiger partial charge on any atom is -0.456 e. The van der Waals surface area contributed by atoms with Crippen molar-refractivity contribution in [3.05, 3.63) is 84.1 Å². The molecule has 4 aromatic rings. The molecule has 3 nitrogen and oxygen atoms in total. The summed E-state index contributed by atoms with van der Waals surface area (Å²) in [5, 5.41) is 2.33. The maximum Gasteiger partial charge on any atom is 0.136 e. The number of hydrogen-bond donors (Lipinski definition) is 0. The topological polar surface area (TPSA) is 19.6 Å². The molecule has 0 aliphatic carbocycles. The number of benzene rings is 3. The molecule has 0 saturated carbocycles. The fraction of sp³-hybridized carbons (Fsp3) is 0.167. The van der Waals surface area contributed by atoms with Crippen molar-refractivity contribution in [3.8, 4) is 0 Å². The van der Waals surface area contributed by atoms with Crippen LogP contribution in [0.5, 0.6) is 0 Å². The number of rotatable bonds is 2. The van der Waals surface area contributed by atoms with Gasteiger partial charge in [0.15, 0.2) is 0 Å². The Labute approximate surface area is 159 Å². The molecule has 134 valence electrons. The van der Waals surface area contributed by atoms with Crippen LogP contribution in [0.3, 0.4) is 0 Å². The van der Waals surface area contributed by atoms with Crippen LogP contribution < -0.4 is 4.90 Å². The zero-order valence-electron chi connectivity index (χ0n) is 15.8. The van der Waals surface area contributed by atoms with Gasteiger partial charge in [0, 0.05) is 35.3 Å². The van der Waals surface area contributed by atoms with Crippen LogP contribution in [-0.4, -0.2) is 18.1 Å². The van der Waals surface area contributed by atoms with Gasteiger partial charge in [-0.2, -0.15) is 0 Å². The molecule has 0 fully saturated rings. The number of aryl methyl sites for hydroxylation is 1. The van der Waals surface area contributed by atoms with Crippen molar-refractivity contribution in [3.63, 3.8) is 0 Å². The van der Waals surface area contributed by atoms with E-state index in [4.69, 9.17) is 4.42 Å². The third-order valence-corrected chi connectivity index (χ3v) is 5.60. The highest BCUT2D eigenvalue weighted by Crippen LogP contribution is 2.38. The first kappa shape index (κ1) is 16.0. The number of furan rings is 1. The summed E-state index contributed by atoms with van der Waals surface area (Å²) in [6, 6.07) is 23.3. The summed E-state index contributed by atoms with van der Waals surface area (Å²) in [5.41, 5.74) is 6.75. The minimum absolute atomic E-state index is 0.257. The summed E-state index contributed by atoms with van der Waals surface area (Å²) in [5.74, 6) is 0. The number of anilines is 1. The van der Waals surface area contributed by atoms with E-state index < -0.39 is 0 Å². The summed E-state index contributed by atoms with van der Waals surface area (Å²) in [7, 11) is 2.13. The molecular weight excluding hydrogens is 332 g/mol. The predicted octanol–water partition coefficient (Wildman–Crippen LogP) is 5.99. The highest BCUT2D eigenvalue weighted by molar-refractivity contribution is 6.05. The second-order valence-corrected chi connectivity index (χ2v) is 7.28. The number of para-hydroxylation sites is 2. The molecule has 1 aliphatic heterocycles. The molecule has 3 aromatic carbocycles. The van der Waals surface area contributed by atoms with E-state index in [0.29, 0.717) is 0 Å². The zero-order valence-corrected chi connectivity index (χ0v) is 15.8. The lowest BCUT2D eigenvalue weighted by Gasteiger charge is -2.31. The molecule has 2 heterocycles. The van der Waals surface area contributed by atoms with Gasteiger partial charge < -0.3 is 14.2 Å². The molecule has 3 heteroatoms. The van der Waals surface area contributed by atoms with Crippen LogP contribution in [0.4, 0.5) is 5.69 Å². The molecule has 27 heavy (non-hydrogen) atoms. The van der Waals surface area contributed by atoms with Crippen LogP contribution in [0.2, 0.25) is 0 Å². The van der Waals surface area contributed by atoms with Crippen LogP contribution in [-0.2, 0) is 0 Å². The molecule has 0 N–H and O–H groups in total. The summed E-state index contributed by atoms with van der Waals surface area (Å²) in [6.45, 7) is 4.40. The second-order valence-electron chi connectivity index (χ2n) is 7.28. The zero-order chi connectivity index (χ0) is 18.5. The Balaban J connectivity index is 1.66. The summed E-state index contributed by atoms with van der Waals surface area (Å²) < 4.78 is 6.11. The molecule has 0 bridgehead atoms. The Morgan fingerprint density at radius 1 is 0.852 bits per heavy atom. The van der Waals surface area contributed by atoms with Crippen LogP contribution in [0.15, 0.2) is 77.3 Å². The molecule has 0 saturated heterocycles. The first-order chi connectivity index (χ1) is 13.1. The van der Waals surface area contributed by atoms with Crippen molar-refractivity contribution in [2.75, 3.05) is 11.9 Å². The normalized spacial score (nSPS) is 17.1. The Hall–Kier alpha value is -3.20. The number of hydrogen-bond acceptors (Lipinski definition) is 3. The molecule has 1 atom stereocenters. The third-order valence-electron chi connectivity index (χ3n) is 5.60. The van der Waals surface area contributed by atoms with Crippen molar-refractivity contribution in [1.82, 2.24) is 4.90 Å². The molecular formula is C24H22N2O. The maximum absolute atomic E-state index is 6.11. The molecule has 0 radical (unpaired) electrons. The van der Waals surface area contributed by atoms with E-state index in [1.807, 2.05) is 12.1 Å². The monoisotopic (exact) mass is 354 g/mol. The molecule has 1 unspecified atom stereocenters. The molecule has 0 amide bonds. The van der Waals surface area contributed by atoms with E-state index in [1.54, 1.807) is 0 Å². The largest absolute Gasteiger partial charge is 0.456 e. The first-order valence-electron chi connectivity index (χ1n) is 9.34. The van der Waals surface area contributed by atoms with Gasteiger partial charge in [0.2, 0.25) is 0 Å². The van der Waals surface area contributed by atoms with Crippen LogP contribution in [0.25, 0.3) is 27.6 Å². The predicted molar refractivity (Wildman–Crippen MR) is 113 cm³/mol. The van der Waals surface area contributed by atoms with Crippen molar-refractivity contribution < 1.29 is 4.42 Å². The van der Waals surface area contributed by atoms with Gasteiger partial charge in [0.05, 0.1) is 5.70 Å². The van der Waals surface area contributed by atoms with Gasteiger partial charge in [-0.1, -0.05) is 42.5 Å². The highest BCUT2D eigenvalue weighted by atomic mass is 16.3. The summed E-state index contributed by atoms with van der Waals surface area (Å²) in [6.07, 6.45) is 2.48. The molecule has 0 spiro atoms. The highest BCUT2D eigenvalue weighted by Gasteiger charge is 2.29. The Kier molecular flexibility index (Phi) is 3.51. The Bertz CT molecular complexity index is 1190.